The summed E-state index contributed by atoms with van der Waals surface area (Å²) in [5.41, 5.74) is 2.28. The lowest BCUT2D eigenvalue weighted by molar-refractivity contribution is -0.124. The number of rotatable bonds is 3. The van der Waals surface area contributed by atoms with Crippen molar-refractivity contribution in [3.8, 4) is 0 Å². The first-order chi connectivity index (χ1) is 8.06. The number of aryl methyl sites for hydroxylation is 1. The number of nitrogens with zero attached hydrogens (tertiary/aromatic N) is 3. The standard InChI is InChI=1S/C12H20N4O/c1-9(2)16-6-10(3)11(14-16)7-15-5-4-13-12(17)8-15/h6,9H,4-5,7-8H2,1-3H3,(H,13,17). The van der Waals surface area contributed by atoms with Crippen molar-refractivity contribution in [2.75, 3.05) is 19.6 Å². The largest absolute Gasteiger partial charge is 0.354 e. The molecule has 1 fully saturated rings. The van der Waals surface area contributed by atoms with E-state index in [4.69, 9.17) is 0 Å². The molecular weight excluding hydrogens is 216 g/mol. The van der Waals surface area contributed by atoms with Gasteiger partial charge in [0.15, 0.2) is 0 Å². The normalized spacial score (nSPS) is 17.5. The van der Waals surface area contributed by atoms with Crippen molar-refractivity contribution in [2.45, 2.75) is 33.4 Å². The monoisotopic (exact) mass is 236 g/mol. The van der Waals surface area contributed by atoms with Crippen molar-refractivity contribution in [1.29, 1.82) is 0 Å². The van der Waals surface area contributed by atoms with Gasteiger partial charge < -0.3 is 5.32 Å². The van der Waals surface area contributed by atoms with Crippen LogP contribution >= 0.6 is 0 Å². The maximum absolute atomic E-state index is 11.3. The van der Waals surface area contributed by atoms with Crippen molar-refractivity contribution < 1.29 is 4.79 Å². The molecule has 17 heavy (non-hydrogen) atoms. The smallest absolute Gasteiger partial charge is 0.234 e. The highest BCUT2D eigenvalue weighted by Gasteiger charge is 2.18. The maximum atomic E-state index is 11.3. The van der Waals surface area contributed by atoms with Gasteiger partial charge in [0.2, 0.25) is 5.91 Å². The predicted octanol–water partition coefficient (Wildman–Crippen LogP) is 0.704. The molecule has 0 bridgehead atoms. The minimum atomic E-state index is 0.109. The second-order valence-corrected chi connectivity index (χ2v) is 4.89. The van der Waals surface area contributed by atoms with Gasteiger partial charge in [-0.05, 0) is 26.3 Å². The molecule has 1 saturated heterocycles. The van der Waals surface area contributed by atoms with E-state index in [1.54, 1.807) is 0 Å². The lowest BCUT2D eigenvalue weighted by atomic mass is 10.2. The van der Waals surface area contributed by atoms with Crippen LogP contribution in [0.25, 0.3) is 0 Å². The van der Waals surface area contributed by atoms with Crippen LogP contribution in [0.2, 0.25) is 0 Å². The Balaban J connectivity index is 2.05. The molecule has 1 aliphatic rings. The van der Waals surface area contributed by atoms with Crippen molar-refractivity contribution >= 4 is 5.91 Å². The molecule has 1 amide bonds. The fourth-order valence-electron chi connectivity index (χ4n) is 1.98. The van der Waals surface area contributed by atoms with Crippen LogP contribution in [0, 0.1) is 6.92 Å². The Kier molecular flexibility index (Phi) is 3.47. The van der Waals surface area contributed by atoms with E-state index in [1.807, 2.05) is 4.68 Å². The Morgan fingerprint density at radius 2 is 2.29 bits per heavy atom. The van der Waals surface area contributed by atoms with Crippen LogP contribution in [-0.4, -0.2) is 40.2 Å². The molecule has 0 unspecified atom stereocenters. The van der Waals surface area contributed by atoms with Crippen LogP contribution in [-0.2, 0) is 11.3 Å². The fraction of sp³-hybridized carbons (Fsp3) is 0.667. The first-order valence-corrected chi connectivity index (χ1v) is 6.10. The van der Waals surface area contributed by atoms with Gasteiger partial charge in [0.1, 0.15) is 0 Å². The van der Waals surface area contributed by atoms with E-state index in [0.29, 0.717) is 12.6 Å². The molecule has 0 atom stereocenters. The number of nitrogens with one attached hydrogen (secondary N) is 1. The number of amides is 1. The summed E-state index contributed by atoms with van der Waals surface area (Å²) in [6.07, 6.45) is 2.07. The lowest BCUT2D eigenvalue weighted by Gasteiger charge is -2.25. The van der Waals surface area contributed by atoms with E-state index in [0.717, 1.165) is 25.3 Å². The van der Waals surface area contributed by atoms with Crippen molar-refractivity contribution in [3.63, 3.8) is 0 Å². The second kappa shape index (κ2) is 4.87. The number of hydrogen-bond acceptors (Lipinski definition) is 3. The zero-order valence-electron chi connectivity index (χ0n) is 10.7. The first-order valence-electron chi connectivity index (χ1n) is 6.10. The molecule has 5 nitrogen and oxygen atoms in total. The van der Waals surface area contributed by atoms with E-state index >= 15 is 0 Å². The van der Waals surface area contributed by atoms with E-state index in [-0.39, 0.29) is 5.91 Å². The van der Waals surface area contributed by atoms with Crippen LogP contribution in [0.4, 0.5) is 0 Å². The minimum Gasteiger partial charge on any atom is -0.354 e. The molecule has 94 valence electrons. The zero-order chi connectivity index (χ0) is 12.4. The van der Waals surface area contributed by atoms with E-state index in [9.17, 15) is 4.79 Å². The van der Waals surface area contributed by atoms with Gasteiger partial charge in [0.05, 0.1) is 12.2 Å². The van der Waals surface area contributed by atoms with Crippen LogP contribution in [0.1, 0.15) is 31.1 Å². The zero-order valence-corrected chi connectivity index (χ0v) is 10.7. The molecule has 0 spiro atoms. The summed E-state index contributed by atoms with van der Waals surface area (Å²) in [4.78, 5) is 13.4. The predicted molar refractivity (Wildman–Crippen MR) is 65.6 cm³/mol. The summed E-state index contributed by atoms with van der Waals surface area (Å²) < 4.78 is 1.98. The van der Waals surface area contributed by atoms with E-state index < -0.39 is 0 Å². The third kappa shape index (κ3) is 2.85. The van der Waals surface area contributed by atoms with Gasteiger partial charge in [-0.3, -0.25) is 14.4 Å². The SMILES string of the molecule is Cc1cn(C(C)C)nc1CN1CCNC(=O)C1. The minimum absolute atomic E-state index is 0.109. The average molecular weight is 236 g/mol. The van der Waals surface area contributed by atoms with Gasteiger partial charge in [-0.15, -0.1) is 0 Å². The molecule has 1 aliphatic heterocycles. The van der Waals surface area contributed by atoms with Crippen molar-refractivity contribution in [1.82, 2.24) is 20.0 Å². The van der Waals surface area contributed by atoms with Gasteiger partial charge in [-0.1, -0.05) is 0 Å². The summed E-state index contributed by atoms with van der Waals surface area (Å²) in [6.45, 7) is 9.19. The number of piperazine rings is 1. The Hall–Kier alpha value is -1.36. The Labute approximate surface area is 102 Å². The Bertz CT molecular complexity index is 411. The van der Waals surface area contributed by atoms with Gasteiger partial charge in [0.25, 0.3) is 0 Å². The van der Waals surface area contributed by atoms with Crippen LogP contribution in [0.15, 0.2) is 6.20 Å². The van der Waals surface area contributed by atoms with E-state index in [1.165, 1.54) is 5.56 Å². The summed E-state index contributed by atoms with van der Waals surface area (Å²) in [5.74, 6) is 0.109. The third-order valence-electron chi connectivity index (χ3n) is 3.04. The summed E-state index contributed by atoms with van der Waals surface area (Å²) in [6, 6.07) is 0.382. The molecule has 5 heteroatoms. The number of carbonyl (C=O) groups excluding carboxylic acids is 1. The molecular formula is C12H20N4O. The van der Waals surface area contributed by atoms with Gasteiger partial charge in [-0.25, -0.2) is 0 Å². The molecule has 2 rings (SSSR count). The summed E-state index contributed by atoms with van der Waals surface area (Å²) in [7, 11) is 0. The molecule has 1 N–H and O–H groups in total. The number of aromatic nitrogens is 2. The molecule has 0 saturated carbocycles. The quantitative estimate of drug-likeness (QED) is 0.840. The topological polar surface area (TPSA) is 50.2 Å². The molecule has 0 radical (unpaired) electrons. The Morgan fingerprint density at radius 1 is 1.53 bits per heavy atom. The van der Waals surface area contributed by atoms with E-state index in [2.05, 4.69) is 42.3 Å². The molecule has 0 aromatic carbocycles. The fourth-order valence-corrected chi connectivity index (χ4v) is 1.98. The highest BCUT2D eigenvalue weighted by Crippen LogP contribution is 2.12. The summed E-state index contributed by atoms with van der Waals surface area (Å²) >= 11 is 0. The van der Waals surface area contributed by atoms with Gasteiger partial charge >= 0.3 is 0 Å². The first kappa shape index (κ1) is 12.1. The molecule has 0 aliphatic carbocycles. The number of hydrogen-bond donors (Lipinski definition) is 1. The highest BCUT2D eigenvalue weighted by molar-refractivity contribution is 5.78. The number of carbonyl (C=O) groups is 1. The van der Waals surface area contributed by atoms with Crippen molar-refractivity contribution in [2.24, 2.45) is 0 Å². The average Bonchev–Trinajstić information content (AvgIpc) is 2.61. The van der Waals surface area contributed by atoms with Crippen LogP contribution < -0.4 is 5.32 Å². The van der Waals surface area contributed by atoms with Gasteiger partial charge in [0, 0.05) is 31.9 Å². The third-order valence-corrected chi connectivity index (χ3v) is 3.04. The molecule has 1 aromatic heterocycles. The lowest BCUT2D eigenvalue weighted by Crippen LogP contribution is -2.47. The summed E-state index contributed by atoms with van der Waals surface area (Å²) in [5, 5.41) is 7.40. The van der Waals surface area contributed by atoms with Gasteiger partial charge in [-0.2, -0.15) is 5.10 Å². The van der Waals surface area contributed by atoms with Crippen molar-refractivity contribution in [3.05, 3.63) is 17.5 Å². The van der Waals surface area contributed by atoms with Crippen LogP contribution in [0.3, 0.4) is 0 Å². The second-order valence-electron chi connectivity index (χ2n) is 4.89. The van der Waals surface area contributed by atoms with Crippen LogP contribution in [0.5, 0.6) is 0 Å². The maximum Gasteiger partial charge on any atom is 0.234 e. The molecule has 1 aromatic rings. The molecule has 2 heterocycles. The Morgan fingerprint density at radius 3 is 2.88 bits per heavy atom. The highest BCUT2D eigenvalue weighted by atomic mass is 16.2.